The molecule has 3 aromatic rings. The fourth-order valence-electron chi connectivity index (χ4n) is 3.26. The van der Waals surface area contributed by atoms with Crippen molar-refractivity contribution in [2.75, 3.05) is 13.1 Å². The Hall–Kier alpha value is -2.96. The van der Waals surface area contributed by atoms with Crippen molar-refractivity contribution in [2.24, 2.45) is 0 Å². The van der Waals surface area contributed by atoms with Crippen LogP contribution in [0.15, 0.2) is 43.0 Å². The molecular weight excluding hydrogens is 304 g/mol. The number of imidazole rings is 1. The van der Waals surface area contributed by atoms with Crippen LogP contribution >= 0.6 is 0 Å². The minimum atomic E-state index is 0.0335. The van der Waals surface area contributed by atoms with Crippen molar-refractivity contribution in [3.63, 3.8) is 0 Å². The van der Waals surface area contributed by atoms with Crippen LogP contribution in [0, 0.1) is 0 Å². The van der Waals surface area contributed by atoms with E-state index in [0.29, 0.717) is 17.9 Å². The average Bonchev–Trinajstić information content (AvgIpc) is 3.35. The number of H-pyrrole nitrogens is 2. The Balaban J connectivity index is 1.60. The zero-order valence-electron chi connectivity index (χ0n) is 13.1. The Morgan fingerprint density at radius 2 is 2.17 bits per heavy atom. The third kappa shape index (κ3) is 2.68. The van der Waals surface area contributed by atoms with Gasteiger partial charge in [-0.2, -0.15) is 5.10 Å². The molecule has 1 saturated heterocycles. The summed E-state index contributed by atoms with van der Waals surface area (Å²) in [5.41, 5.74) is 1.50. The van der Waals surface area contributed by atoms with Gasteiger partial charge in [0.25, 0.3) is 5.91 Å². The van der Waals surface area contributed by atoms with Crippen LogP contribution in [-0.2, 0) is 0 Å². The zero-order chi connectivity index (χ0) is 16.4. The van der Waals surface area contributed by atoms with Crippen LogP contribution in [0.2, 0.25) is 0 Å². The van der Waals surface area contributed by atoms with Crippen LogP contribution in [0.1, 0.15) is 34.9 Å². The van der Waals surface area contributed by atoms with Gasteiger partial charge < -0.3 is 9.88 Å². The van der Waals surface area contributed by atoms with Crippen molar-refractivity contribution in [2.45, 2.75) is 18.8 Å². The van der Waals surface area contributed by atoms with Gasteiger partial charge in [0.05, 0.1) is 5.56 Å². The molecule has 122 valence electrons. The van der Waals surface area contributed by atoms with Crippen LogP contribution in [0.4, 0.5) is 0 Å². The molecule has 7 heteroatoms. The molecule has 3 heterocycles. The van der Waals surface area contributed by atoms with Crippen LogP contribution in [0.5, 0.6) is 0 Å². The number of likely N-dealkylation sites (tertiary alicyclic amines) is 1. The van der Waals surface area contributed by atoms with Gasteiger partial charge in [-0.15, -0.1) is 0 Å². The predicted molar refractivity (Wildman–Crippen MR) is 88.3 cm³/mol. The Kier molecular flexibility index (Phi) is 3.82. The van der Waals surface area contributed by atoms with Crippen molar-refractivity contribution in [3.8, 4) is 11.4 Å². The second-order valence-electron chi connectivity index (χ2n) is 5.94. The number of piperidine rings is 1. The highest BCUT2D eigenvalue weighted by molar-refractivity contribution is 6.00. The quantitative estimate of drug-likeness (QED) is 0.773. The van der Waals surface area contributed by atoms with Gasteiger partial charge in [0.1, 0.15) is 18.0 Å². The van der Waals surface area contributed by atoms with E-state index >= 15 is 0 Å². The highest BCUT2D eigenvalue weighted by Crippen LogP contribution is 2.27. The van der Waals surface area contributed by atoms with Gasteiger partial charge in [-0.05, 0) is 18.9 Å². The maximum atomic E-state index is 13.1. The number of carbonyl (C=O) groups excluding carboxylic acids is 1. The first-order valence-corrected chi connectivity index (χ1v) is 8.06. The normalized spacial score (nSPS) is 17.8. The molecule has 0 aliphatic carbocycles. The molecule has 0 unspecified atom stereocenters. The van der Waals surface area contributed by atoms with E-state index in [2.05, 4.69) is 25.1 Å². The molecule has 0 radical (unpaired) electrons. The van der Waals surface area contributed by atoms with Gasteiger partial charge in [0.15, 0.2) is 0 Å². The fourth-order valence-corrected chi connectivity index (χ4v) is 3.26. The standard InChI is InChI=1S/C17H18N6O/c24-17(14-6-2-1-5-13(14)16-18-7-8-19-16)23-9-3-4-12(10-23)15-20-11-21-22-15/h1-2,5-8,11-12H,3-4,9-10H2,(H,18,19)(H,20,21,22)/t12-/m1/s1. The monoisotopic (exact) mass is 322 g/mol. The molecule has 2 N–H and O–H groups in total. The van der Waals surface area contributed by atoms with E-state index < -0.39 is 0 Å². The number of hydrogen-bond donors (Lipinski definition) is 2. The second-order valence-corrected chi connectivity index (χ2v) is 5.94. The van der Waals surface area contributed by atoms with Gasteiger partial charge in [-0.3, -0.25) is 9.89 Å². The van der Waals surface area contributed by atoms with E-state index in [9.17, 15) is 4.79 Å². The van der Waals surface area contributed by atoms with Crippen LogP contribution in [0.3, 0.4) is 0 Å². The lowest BCUT2D eigenvalue weighted by atomic mass is 9.96. The van der Waals surface area contributed by atoms with Gasteiger partial charge in [-0.1, -0.05) is 18.2 Å². The second kappa shape index (κ2) is 6.27. The third-order valence-corrected chi connectivity index (χ3v) is 4.44. The first-order valence-electron chi connectivity index (χ1n) is 8.06. The number of carbonyl (C=O) groups is 1. The minimum Gasteiger partial charge on any atom is -0.345 e. The molecule has 0 spiro atoms. The van der Waals surface area contributed by atoms with Crippen molar-refractivity contribution in [1.29, 1.82) is 0 Å². The van der Waals surface area contributed by atoms with E-state index in [0.717, 1.165) is 30.8 Å². The van der Waals surface area contributed by atoms with Crippen molar-refractivity contribution < 1.29 is 4.79 Å². The molecule has 24 heavy (non-hydrogen) atoms. The molecule has 1 aliphatic heterocycles. The molecular formula is C17H18N6O. The number of nitrogens with zero attached hydrogens (tertiary/aromatic N) is 4. The number of aromatic amines is 2. The van der Waals surface area contributed by atoms with Gasteiger partial charge in [-0.25, -0.2) is 9.97 Å². The molecule has 4 rings (SSSR count). The van der Waals surface area contributed by atoms with Crippen LogP contribution in [0.25, 0.3) is 11.4 Å². The lowest BCUT2D eigenvalue weighted by molar-refractivity contribution is 0.0705. The van der Waals surface area contributed by atoms with Gasteiger partial charge >= 0.3 is 0 Å². The molecule has 1 atom stereocenters. The van der Waals surface area contributed by atoms with E-state index in [1.165, 1.54) is 6.33 Å². The number of hydrogen-bond acceptors (Lipinski definition) is 4. The predicted octanol–water partition coefficient (Wildman–Crippen LogP) is 2.21. The highest BCUT2D eigenvalue weighted by Gasteiger charge is 2.28. The number of benzene rings is 1. The Morgan fingerprint density at radius 1 is 1.25 bits per heavy atom. The largest absolute Gasteiger partial charge is 0.345 e. The van der Waals surface area contributed by atoms with Gasteiger partial charge in [0, 0.05) is 37.0 Å². The summed E-state index contributed by atoms with van der Waals surface area (Å²) in [6, 6.07) is 7.59. The third-order valence-electron chi connectivity index (χ3n) is 4.44. The number of rotatable bonds is 3. The van der Waals surface area contributed by atoms with E-state index in [1.54, 1.807) is 12.4 Å². The summed E-state index contributed by atoms with van der Waals surface area (Å²) in [6.45, 7) is 1.41. The number of aromatic nitrogens is 5. The molecule has 0 saturated carbocycles. The van der Waals surface area contributed by atoms with Crippen molar-refractivity contribution in [1.82, 2.24) is 30.0 Å². The molecule has 2 aromatic heterocycles. The molecule has 7 nitrogen and oxygen atoms in total. The minimum absolute atomic E-state index is 0.0335. The summed E-state index contributed by atoms with van der Waals surface area (Å²) in [7, 11) is 0. The Labute approximate surface area is 139 Å². The van der Waals surface area contributed by atoms with Crippen molar-refractivity contribution >= 4 is 5.91 Å². The maximum absolute atomic E-state index is 13.1. The summed E-state index contributed by atoms with van der Waals surface area (Å²) in [5.74, 6) is 1.81. The van der Waals surface area contributed by atoms with Gasteiger partial charge in [0.2, 0.25) is 0 Å². The number of nitrogens with one attached hydrogen (secondary N) is 2. The van der Waals surface area contributed by atoms with Crippen molar-refractivity contribution in [3.05, 3.63) is 54.4 Å². The topological polar surface area (TPSA) is 90.6 Å². The number of amides is 1. The molecule has 1 amide bonds. The van der Waals surface area contributed by atoms with E-state index in [1.807, 2.05) is 29.2 Å². The average molecular weight is 322 g/mol. The molecule has 1 aliphatic rings. The lowest BCUT2D eigenvalue weighted by Crippen LogP contribution is -2.39. The summed E-state index contributed by atoms with van der Waals surface area (Å²) >= 11 is 0. The first kappa shape index (κ1) is 14.6. The van der Waals surface area contributed by atoms with E-state index in [4.69, 9.17) is 0 Å². The summed E-state index contributed by atoms with van der Waals surface area (Å²) in [6.07, 6.45) is 6.94. The summed E-state index contributed by atoms with van der Waals surface area (Å²) in [4.78, 5) is 26.6. The van der Waals surface area contributed by atoms with Crippen LogP contribution in [-0.4, -0.2) is 49.0 Å². The van der Waals surface area contributed by atoms with Crippen LogP contribution < -0.4 is 0 Å². The first-order chi connectivity index (χ1) is 11.8. The summed E-state index contributed by atoms with van der Waals surface area (Å²) < 4.78 is 0. The fraction of sp³-hybridized carbons (Fsp3) is 0.294. The molecule has 1 aromatic carbocycles. The summed E-state index contributed by atoms with van der Waals surface area (Å²) in [5, 5.41) is 6.85. The Morgan fingerprint density at radius 3 is 2.96 bits per heavy atom. The molecule has 0 bridgehead atoms. The highest BCUT2D eigenvalue weighted by atomic mass is 16.2. The van der Waals surface area contributed by atoms with E-state index in [-0.39, 0.29) is 11.8 Å². The SMILES string of the molecule is O=C(c1ccccc1-c1ncc[nH]1)N1CCC[C@@H](c2ncn[nH]2)C1. The smallest absolute Gasteiger partial charge is 0.254 e. The zero-order valence-corrected chi connectivity index (χ0v) is 13.1. The Bertz CT molecular complexity index is 811. The maximum Gasteiger partial charge on any atom is 0.254 e. The lowest BCUT2D eigenvalue weighted by Gasteiger charge is -2.32. The molecule has 1 fully saturated rings.